The van der Waals surface area contributed by atoms with Crippen LogP contribution in [0.4, 0.5) is 10.3 Å². The highest BCUT2D eigenvalue weighted by Crippen LogP contribution is 2.29. The second-order valence-electron chi connectivity index (χ2n) is 7.01. The van der Waals surface area contributed by atoms with Gasteiger partial charge in [0.1, 0.15) is 12.1 Å². The van der Waals surface area contributed by atoms with E-state index in [4.69, 9.17) is 11.6 Å². The number of benzene rings is 2. The lowest BCUT2D eigenvalue weighted by molar-refractivity contribution is 0.496. The Hall–Kier alpha value is -2.73. The Balaban J connectivity index is 1.41. The molecule has 1 saturated heterocycles. The van der Waals surface area contributed by atoms with Crippen molar-refractivity contribution in [2.24, 2.45) is 0 Å². The number of aromatic nitrogens is 3. The lowest BCUT2D eigenvalue weighted by Crippen LogP contribution is -2.36. The Morgan fingerprint density at radius 3 is 2.36 bits per heavy atom. The van der Waals surface area contributed by atoms with Crippen LogP contribution in [0.3, 0.4) is 0 Å². The van der Waals surface area contributed by atoms with E-state index in [-0.39, 0.29) is 11.5 Å². The van der Waals surface area contributed by atoms with Crippen molar-refractivity contribution in [1.29, 1.82) is 0 Å². The maximum absolute atomic E-state index is 13.1. The molecule has 5 nitrogen and oxygen atoms in total. The molecule has 0 aliphatic carbocycles. The topological polar surface area (TPSA) is 51.0 Å². The standard InChI is InChI=1S/C21H20ClFN4O/c22-18-5-1-15(2-6-18)13-27-14-24-20(25-21(27)28)26-11-9-17(10-12-26)16-3-7-19(23)8-4-16/h1-8,14,17H,9-13H2. The van der Waals surface area contributed by atoms with Crippen molar-refractivity contribution in [3.8, 4) is 0 Å². The molecule has 0 spiro atoms. The SMILES string of the molecule is O=c1nc(N2CCC(c3ccc(F)cc3)CC2)ncn1Cc1ccc(Cl)cc1. The van der Waals surface area contributed by atoms with E-state index < -0.39 is 0 Å². The molecule has 2 aromatic carbocycles. The lowest BCUT2D eigenvalue weighted by atomic mass is 9.89. The van der Waals surface area contributed by atoms with Crippen LogP contribution in [0.2, 0.25) is 5.02 Å². The molecule has 0 N–H and O–H groups in total. The van der Waals surface area contributed by atoms with Crippen LogP contribution in [0.15, 0.2) is 59.7 Å². The summed E-state index contributed by atoms with van der Waals surface area (Å²) in [6, 6.07) is 14.1. The number of nitrogens with zero attached hydrogens (tertiary/aromatic N) is 4. The van der Waals surface area contributed by atoms with Crippen molar-refractivity contribution >= 4 is 17.5 Å². The van der Waals surface area contributed by atoms with E-state index in [0.29, 0.717) is 23.4 Å². The summed E-state index contributed by atoms with van der Waals surface area (Å²) in [7, 11) is 0. The molecule has 0 amide bonds. The van der Waals surface area contributed by atoms with Gasteiger partial charge in [0, 0.05) is 18.1 Å². The first-order valence-electron chi connectivity index (χ1n) is 9.27. The van der Waals surface area contributed by atoms with Crippen LogP contribution in [0, 0.1) is 5.82 Å². The van der Waals surface area contributed by atoms with Crippen LogP contribution in [0.1, 0.15) is 29.9 Å². The van der Waals surface area contributed by atoms with Crippen LogP contribution in [-0.4, -0.2) is 27.6 Å². The highest BCUT2D eigenvalue weighted by atomic mass is 35.5. The predicted molar refractivity (Wildman–Crippen MR) is 107 cm³/mol. The van der Waals surface area contributed by atoms with E-state index in [9.17, 15) is 9.18 Å². The van der Waals surface area contributed by atoms with Crippen molar-refractivity contribution in [2.45, 2.75) is 25.3 Å². The lowest BCUT2D eigenvalue weighted by Gasteiger charge is -2.32. The minimum atomic E-state index is -0.319. The maximum atomic E-state index is 13.1. The first kappa shape index (κ1) is 18.6. The highest BCUT2D eigenvalue weighted by molar-refractivity contribution is 6.30. The molecule has 144 valence electrons. The average Bonchev–Trinajstić information content (AvgIpc) is 2.72. The minimum absolute atomic E-state index is 0.214. The van der Waals surface area contributed by atoms with E-state index in [1.807, 2.05) is 29.2 Å². The van der Waals surface area contributed by atoms with Crippen molar-refractivity contribution < 1.29 is 4.39 Å². The number of piperidine rings is 1. The smallest absolute Gasteiger partial charge is 0.341 e. The van der Waals surface area contributed by atoms with Gasteiger partial charge >= 0.3 is 5.69 Å². The van der Waals surface area contributed by atoms with E-state index in [0.717, 1.165) is 37.1 Å². The molecule has 0 bridgehead atoms. The molecule has 1 aromatic heterocycles. The molecule has 1 fully saturated rings. The molecule has 28 heavy (non-hydrogen) atoms. The summed E-state index contributed by atoms with van der Waals surface area (Å²) in [6.07, 6.45) is 3.39. The van der Waals surface area contributed by atoms with Crippen LogP contribution in [-0.2, 0) is 6.54 Å². The third kappa shape index (κ3) is 4.22. The molecule has 3 aromatic rings. The zero-order valence-electron chi connectivity index (χ0n) is 15.3. The van der Waals surface area contributed by atoms with Gasteiger partial charge in [-0.1, -0.05) is 35.9 Å². The Kier molecular flexibility index (Phi) is 5.39. The van der Waals surface area contributed by atoms with Crippen molar-refractivity contribution in [1.82, 2.24) is 14.5 Å². The summed E-state index contributed by atoms with van der Waals surface area (Å²) in [5, 5.41) is 0.659. The number of rotatable bonds is 4. The first-order chi connectivity index (χ1) is 13.6. The first-order valence-corrected chi connectivity index (χ1v) is 9.64. The van der Waals surface area contributed by atoms with E-state index in [2.05, 4.69) is 9.97 Å². The Morgan fingerprint density at radius 2 is 1.71 bits per heavy atom. The molecule has 0 radical (unpaired) electrons. The average molecular weight is 399 g/mol. The zero-order chi connectivity index (χ0) is 19.5. The van der Waals surface area contributed by atoms with Gasteiger partial charge in [-0.05, 0) is 54.2 Å². The van der Waals surface area contributed by atoms with Crippen LogP contribution < -0.4 is 10.6 Å². The Bertz CT molecular complexity index is 996. The van der Waals surface area contributed by atoms with Gasteiger partial charge in [0.15, 0.2) is 0 Å². The van der Waals surface area contributed by atoms with Gasteiger partial charge in [0.05, 0.1) is 6.54 Å². The largest absolute Gasteiger partial charge is 0.352 e. The third-order valence-electron chi connectivity index (χ3n) is 5.14. The molecule has 4 rings (SSSR count). The molecule has 1 aliphatic heterocycles. The Morgan fingerprint density at radius 1 is 1.04 bits per heavy atom. The summed E-state index contributed by atoms with van der Waals surface area (Å²) >= 11 is 5.89. The second-order valence-corrected chi connectivity index (χ2v) is 7.44. The Labute approximate surface area is 167 Å². The van der Waals surface area contributed by atoms with Crippen molar-refractivity contribution in [3.05, 3.63) is 87.3 Å². The zero-order valence-corrected chi connectivity index (χ0v) is 16.0. The number of halogens is 2. The molecule has 2 heterocycles. The van der Waals surface area contributed by atoms with Gasteiger partial charge in [0.2, 0.25) is 5.95 Å². The summed E-state index contributed by atoms with van der Waals surface area (Å²) < 4.78 is 14.6. The van der Waals surface area contributed by atoms with Gasteiger partial charge in [0.25, 0.3) is 0 Å². The molecular formula is C21H20ClFN4O. The van der Waals surface area contributed by atoms with Gasteiger partial charge < -0.3 is 4.90 Å². The molecule has 1 aliphatic rings. The number of hydrogen-bond donors (Lipinski definition) is 0. The monoisotopic (exact) mass is 398 g/mol. The molecular weight excluding hydrogens is 379 g/mol. The van der Waals surface area contributed by atoms with Gasteiger partial charge in [-0.25, -0.2) is 14.2 Å². The number of hydrogen-bond acceptors (Lipinski definition) is 4. The molecule has 0 atom stereocenters. The predicted octanol–water partition coefficient (Wildman–Crippen LogP) is 3.86. The maximum Gasteiger partial charge on any atom is 0.352 e. The second kappa shape index (κ2) is 8.10. The number of anilines is 1. The van der Waals surface area contributed by atoms with Crippen molar-refractivity contribution in [3.63, 3.8) is 0 Å². The molecule has 0 saturated carbocycles. The van der Waals surface area contributed by atoms with Gasteiger partial charge in [-0.3, -0.25) is 4.57 Å². The fourth-order valence-electron chi connectivity index (χ4n) is 3.54. The summed E-state index contributed by atoms with van der Waals surface area (Å²) in [5.74, 6) is 0.644. The molecule has 0 unspecified atom stereocenters. The van der Waals surface area contributed by atoms with E-state index in [1.54, 1.807) is 18.5 Å². The van der Waals surface area contributed by atoms with Gasteiger partial charge in [-0.2, -0.15) is 4.98 Å². The fourth-order valence-corrected chi connectivity index (χ4v) is 3.67. The van der Waals surface area contributed by atoms with E-state index in [1.165, 1.54) is 16.7 Å². The normalized spacial score (nSPS) is 15.0. The quantitative estimate of drug-likeness (QED) is 0.669. The van der Waals surface area contributed by atoms with Crippen LogP contribution >= 0.6 is 11.6 Å². The minimum Gasteiger partial charge on any atom is -0.341 e. The molecule has 7 heteroatoms. The fraction of sp³-hybridized carbons (Fsp3) is 0.286. The third-order valence-corrected chi connectivity index (χ3v) is 5.39. The van der Waals surface area contributed by atoms with Gasteiger partial charge in [-0.15, -0.1) is 0 Å². The van der Waals surface area contributed by atoms with E-state index >= 15 is 0 Å². The van der Waals surface area contributed by atoms with Crippen molar-refractivity contribution in [2.75, 3.05) is 18.0 Å². The highest BCUT2D eigenvalue weighted by Gasteiger charge is 2.22. The van der Waals surface area contributed by atoms with Crippen LogP contribution in [0.25, 0.3) is 0 Å². The summed E-state index contributed by atoms with van der Waals surface area (Å²) in [4.78, 5) is 23.0. The summed E-state index contributed by atoms with van der Waals surface area (Å²) in [6.45, 7) is 1.94. The van der Waals surface area contributed by atoms with Crippen LogP contribution in [0.5, 0.6) is 0 Å². The summed E-state index contributed by atoms with van der Waals surface area (Å²) in [5.41, 5.74) is 1.80.